The van der Waals surface area contributed by atoms with Gasteiger partial charge in [0.05, 0.1) is 6.61 Å². The lowest BCUT2D eigenvalue weighted by atomic mass is 10.1. The molecular formula is C19H23Cl4NO3. The lowest BCUT2D eigenvalue weighted by Gasteiger charge is -2.15. The average molecular weight is 455 g/mol. The molecule has 8 heteroatoms. The zero-order valence-corrected chi connectivity index (χ0v) is 18.3. The zero-order valence-electron chi connectivity index (χ0n) is 15.3. The van der Waals surface area contributed by atoms with Crippen LogP contribution < -0.4 is 9.47 Å². The second kappa shape index (κ2) is 14.0. The molecule has 0 spiro atoms. The van der Waals surface area contributed by atoms with Crippen LogP contribution >= 0.6 is 46.4 Å². The normalized spacial score (nSPS) is 10.6. The Balaban J connectivity index is 2.46. The van der Waals surface area contributed by atoms with Crippen molar-refractivity contribution in [2.45, 2.75) is 33.1 Å². The number of rotatable bonds is 12. The Morgan fingerprint density at radius 3 is 2.41 bits per heavy atom. The largest absolute Gasteiger partial charge is 0.493 e. The highest BCUT2D eigenvalue weighted by Gasteiger charge is 2.09. The molecular weight excluding hydrogens is 432 g/mol. The van der Waals surface area contributed by atoms with Gasteiger partial charge in [0.15, 0.2) is 0 Å². The van der Waals surface area contributed by atoms with Crippen molar-refractivity contribution in [3.63, 3.8) is 0 Å². The number of halogens is 4. The standard InChI is InChI=1S/C19H23Cl4NO3/c1-3-15-13-16(25-10-6-17(20)21)12-14(2)19(15)26-9-5-4-8-24-27-11-7-18(22)23/h6-8,12-13H,3-5,9-11H2,1-2H3. The first-order valence-corrected chi connectivity index (χ1v) is 10.0. The predicted molar refractivity (Wildman–Crippen MR) is 115 cm³/mol. The van der Waals surface area contributed by atoms with E-state index in [4.69, 9.17) is 60.7 Å². The van der Waals surface area contributed by atoms with Gasteiger partial charge in [0.25, 0.3) is 0 Å². The second-order valence-corrected chi connectivity index (χ2v) is 7.47. The molecule has 0 N–H and O–H groups in total. The second-order valence-electron chi connectivity index (χ2n) is 5.45. The van der Waals surface area contributed by atoms with Crippen LogP contribution in [0.1, 0.15) is 30.9 Å². The molecule has 150 valence electrons. The monoisotopic (exact) mass is 453 g/mol. The first-order chi connectivity index (χ1) is 12.9. The molecule has 0 aromatic heterocycles. The molecule has 27 heavy (non-hydrogen) atoms. The van der Waals surface area contributed by atoms with Crippen molar-refractivity contribution in [1.29, 1.82) is 0 Å². The fourth-order valence-electron chi connectivity index (χ4n) is 2.16. The van der Waals surface area contributed by atoms with Crippen molar-refractivity contribution in [3.8, 4) is 11.5 Å². The van der Waals surface area contributed by atoms with Gasteiger partial charge in [-0.2, -0.15) is 0 Å². The summed E-state index contributed by atoms with van der Waals surface area (Å²) in [6.45, 7) is 5.22. The minimum absolute atomic E-state index is 0.163. The van der Waals surface area contributed by atoms with Gasteiger partial charge in [-0.3, -0.25) is 0 Å². The van der Waals surface area contributed by atoms with Crippen molar-refractivity contribution in [2.75, 3.05) is 19.8 Å². The molecule has 1 aromatic rings. The number of nitrogens with zero attached hydrogens (tertiary/aromatic N) is 1. The molecule has 4 nitrogen and oxygen atoms in total. The summed E-state index contributed by atoms with van der Waals surface area (Å²) < 4.78 is 12.0. The van der Waals surface area contributed by atoms with Gasteiger partial charge in [-0.05, 0) is 61.6 Å². The molecule has 0 heterocycles. The molecule has 1 rings (SSSR count). The highest BCUT2D eigenvalue weighted by Crippen LogP contribution is 2.30. The lowest BCUT2D eigenvalue weighted by Crippen LogP contribution is -2.03. The van der Waals surface area contributed by atoms with Crippen LogP contribution in [0.4, 0.5) is 0 Å². The van der Waals surface area contributed by atoms with E-state index in [1.807, 2.05) is 19.1 Å². The Labute approximate surface area is 180 Å². The van der Waals surface area contributed by atoms with Crippen LogP contribution in [-0.2, 0) is 11.3 Å². The van der Waals surface area contributed by atoms with Gasteiger partial charge in [-0.25, -0.2) is 0 Å². The van der Waals surface area contributed by atoms with Gasteiger partial charge < -0.3 is 14.3 Å². The van der Waals surface area contributed by atoms with Crippen LogP contribution in [0.3, 0.4) is 0 Å². The van der Waals surface area contributed by atoms with E-state index in [1.165, 1.54) is 6.08 Å². The quantitative estimate of drug-likeness (QED) is 0.199. The van der Waals surface area contributed by atoms with Crippen molar-refractivity contribution in [1.82, 2.24) is 0 Å². The number of hydrogen-bond acceptors (Lipinski definition) is 4. The molecule has 0 saturated carbocycles. The van der Waals surface area contributed by atoms with E-state index in [0.717, 1.165) is 41.9 Å². The lowest BCUT2D eigenvalue weighted by molar-refractivity contribution is 0.175. The summed E-state index contributed by atoms with van der Waals surface area (Å²) in [5, 5.41) is 3.81. The summed E-state index contributed by atoms with van der Waals surface area (Å²) in [6, 6.07) is 3.92. The van der Waals surface area contributed by atoms with Crippen molar-refractivity contribution in [3.05, 3.63) is 44.4 Å². The van der Waals surface area contributed by atoms with E-state index in [9.17, 15) is 0 Å². The Morgan fingerprint density at radius 1 is 1.04 bits per heavy atom. The summed E-state index contributed by atoms with van der Waals surface area (Å²) in [4.78, 5) is 4.97. The minimum Gasteiger partial charge on any atom is -0.493 e. The SMILES string of the molecule is CCc1cc(OCC=C(Cl)Cl)cc(C)c1OCCCC=NOCC=C(Cl)Cl. The average Bonchev–Trinajstić information content (AvgIpc) is 2.60. The Hall–Kier alpha value is -1.07. The molecule has 0 saturated heterocycles. The molecule has 0 unspecified atom stereocenters. The van der Waals surface area contributed by atoms with Crippen LogP contribution in [0.2, 0.25) is 0 Å². The highest BCUT2D eigenvalue weighted by molar-refractivity contribution is 6.56. The molecule has 0 aliphatic heterocycles. The van der Waals surface area contributed by atoms with E-state index in [0.29, 0.717) is 13.2 Å². The summed E-state index contributed by atoms with van der Waals surface area (Å²) in [7, 11) is 0. The third kappa shape index (κ3) is 10.7. The van der Waals surface area contributed by atoms with Crippen LogP contribution in [0.25, 0.3) is 0 Å². The maximum Gasteiger partial charge on any atom is 0.138 e. The summed E-state index contributed by atoms with van der Waals surface area (Å²) in [5.74, 6) is 1.66. The van der Waals surface area contributed by atoms with Crippen molar-refractivity contribution >= 4 is 52.6 Å². The van der Waals surface area contributed by atoms with E-state index in [1.54, 1.807) is 12.3 Å². The molecule has 0 aliphatic carbocycles. The van der Waals surface area contributed by atoms with E-state index in [-0.39, 0.29) is 15.6 Å². The number of oxime groups is 1. The molecule has 0 amide bonds. The maximum atomic E-state index is 5.96. The van der Waals surface area contributed by atoms with Crippen LogP contribution in [0.15, 0.2) is 38.4 Å². The smallest absolute Gasteiger partial charge is 0.138 e. The Kier molecular flexibility index (Phi) is 12.4. The van der Waals surface area contributed by atoms with Crippen molar-refractivity contribution < 1.29 is 14.3 Å². The van der Waals surface area contributed by atoms with Gasteiger partial charge in [-0.15, -0.1) is 0 Å². The van der Waals surface area contributed by atoms with Gasteiger partial charge in [0, 0.05) is 6.21 Å². The first kappa shape index (κ1) is 24.0. The predicted octanol–water partition coefficient (Wildman–Crippen LogP) is 6.74. The van der Waals surface area contributed by atoms with Gasteiger partial charge in [0.1, 0.15) is 33.7 Å². The molecule has 0 atom stereocenters. The van der Waals surface area contributed by atoms with E-state index >= 15 is 0 Å². The molecule has 0 aliphatic rings. The van der Waals surface area contributed by atoms with Crippen LogP contribution in [0, 0.1) is 6.92 Å². The summed E-state index contributed by atoms with van der Waals surface area (Å²) >= 11 is 22.1. The topological polar surface area (TPSA) is 40.0 Å². The third-order valence-corrected chi connectivity index (χ3v) is 4.00. The number of unbranched alkanes of at least 4 members (excludes halogenated alkanes) is 1. The van der Waals surface area contributed by atoms with Gasteiger partial charge in [-0.1, -0.05) is 58.5 Å². The van der Waals surface area contributed by atoms with Crippen LogP contribution in [0.5, 0.6) is 11.5 Å². The Morgan fingerprint density at radius 2 is 1.74 bits per heavy atom. The minimum atomic E-state index is 0.163. The number of hydrogen-bond donors (Lipinski definition) is 0. The zero-order chi connectivity index (χ0) is 20.1. The fourth-order valence-corrected chi connectivity index (χ4v) is 2.41. The first-order valence-electron chi connectivity index (χ1n) is 8.49. The Bertz CT molecular complexity index is 667. The number of ether oxygens (including phenoxy) is 2. The van der Waals surface area contributed by atoms with Gasteiger partial charge >= 0.3 is 0 Å². The molecule has 0 bridgehead atoms. The molecule has 1 aromatic carbocycles. The highest BCUT2D eigenvalue weighted by atomic mass is 35.5. The molecule has 0 radical (unpaired) electrons. The fraction of sp³-hybridized carbons (Fsp3) is 0.421. The third-order valence-electron chi connectivity index (χ3n) is 3.38. The summed E-state index contributed by atoms with van der Waals surface area (Å²) in [6.07, 6.45) is 7.21. The maximum absolute atomic E-state index is 5.96. The summed E-state index contributed by atoms with van der Waals surface area (Å²) in [5.41, 5.74) is 2.11. The number of benzene rings is 1. The van der Waals surface area contributed by atoms with Crippen LogP contribution in [-0.4, -0.2) is 26.0 Å². The number of aryl methyl sites for hydroxylation is 2. The molecule has 0 fully saturated rings. The van der Waals surface area contributed by atoms with E-state index in [2.05, 4.69) is 12.1 Å². The van der Waals surface area contributed by atoms with Gasteiger partial charge in [0.2, 0.25) is 0 Å². The van der Waals surface area contributed by atoms with Crippen molar-refractivity contribution in [2.24, 2.45) is 5.16 Å². The van der Waals surface area contributed by atoms with E-state index < -0.39 is 0 Å².